The summed E-state index contributed by atoms with van der Waals surface area (Å²) in [6, 6.07) is 0. The van der Waals surface area contributed by atoms with Crippen LogP contribution in [0.4, 0.5) is 0 Å². The minimum absolute atomic E-state index is 0.195. The Bertz CT molecular complexity index is 204. The minimum atomic E-state index is -0.608. The van der Waals surface area contributed by atoms with Crippen molar-refractivity contribution in [1.82, 2.24) is 0 Å². The molecule has 14 heavy (non-hydrogen) atoms. The van der Waals surface area contributed by atoms with Crippen LogP contribution in [0.25, 0.3) is 0 Å². The summed E-state index contributed by atoms with van der Waals surface area (Å²) in [4.78, 5) is 0. The van der Waals surface area contributed by atoms with Crippen LogP contribution in [-0.4, -0.2) is 29.3 Å². The van der Waals surface area contributed by atoms with Gasteiger partial charge >= 0.3 is 0 Å². The van der Waals surface area contributed by atoms with Crippen LogP contribution >= 0.6 is 11.6 Å². The lowest BCUT2D eigenvalue weighted by atomic mass is 9.85. The van der Waals surface area contributed by atoms with Crippen molar-refractivity contribution in [2.75, 3.05) is 12.5 Å². The second kappa shape index (κ2) is 5.60. The molecule has 0 spiro atoms. The zero-order valence-corrected chi connectivity index (χ0v) is 9.09. The maximum absolute atomic E-state index is 9.27. The third kappa shape index (κ3) is 3.16. The maximum Gasteiger partial charge on any atom is 0.128 e. The Morgan fingerprint density at radius 1 is 1.43 bits per heavy atom. The van der Waals surface area contributed by atoms with E-state index in [4.69, 9.17) is 22.8 Å². The van der Waals surface area contributed by atoms with Crippen molar-refractivity contribution >= 4 is 11.6 Å². The third-order valence-corrected chi connectivity index (χ3v) is 3.01. The quantitative estimate of drug-likeness (QED) is 0.575. The van der Waals surface area contributed by atoms with Gasteiger partial charge in [-0.15, -0.1) is 18.0 Å². The highest BCUT2D eigenvalue weighted by Crippen LogP contribution is 2.31. The number of hydrogen-bond acceptors (Lipinski definition) is 2. The summed E-state index contributed by atoms with van der Waals surface area (Å²) in [5, 5.41) is 9.27. The van der Waals surface area contributed by atoms with Gasteiger partial charge in [0.25, 0.3) is 0 Å². The molecule has 0 aliphatic heterocycles. The van der Waals surface area contributed by atoms with Crippen LogP contribution in [0.1, 0.15) is 32.1 Å². The molecule has 1 saturated carbocycles. The molecule has 1 fully saturated rings. The van der Waals surface area contributed by atoms with Crippen LogP contribution in [0.15, 0.2) is 0 Å². The van der Waals surface area contributed by atoms with Gasteiger partial charge in [0.1, 0.15) is 5.60 Å². The monoisotopic (exact) mass is 216 g/mol. The summed E-state index contributed by atoms with van der Waals surface area (Å²) in [5.41, 5.74) is -0.439. The van der Waals surface area contributed by atoms with Crippen LogP contribution in [0, 0.1) is 12.3 Å². The Morgan fingerprint density at radius 2 is 2.07 bits per heavy atom. The fourth-order valence-corrected chi connectivity index (χ4v) is 1.84. The molecule has 0 saturated heterocycles. The zero-order valence-electron chi connectivity index (χ0n) is 8.34. The lowest BCUT2D eigenvalue weighted by Gasteiger charge is -2.33. The molecule has 0 aromatic heterocycles. The van der Waals surface area contributed by atoms with Gasteiger partial charge < -0.3 is 9.84 Å². The van der Waals surface area contributed by atoms with Crippen molar-refractivity contribution in [2.45, 2.75) is 43.8 Å². The Morgan fingerprint density at radius 3 is 2.57 bits per heavy atom. The molecular weight excluding hydrogens is 200 g/mol. The van der Waals surface area contributed by atoms with Crippen molar-refractivity contribution in [3.63, 3.8) is 0 Å². The molecule has 0 radical (unpaired) electrons. The molecule has 3 heteroatoms. The van der Waals surface area contributed by atoms with E-state index in [1.165, 1.54) is 6.42 Å². The summed E-state index contributed by atoms with van der Waals surface area (Å²) in [7, 11) is 0. The number of ether oxygens (including phenoxy) is 1. The average Bonchev–Trinajstić information content (AvgIpc) is 2.27. The van der Waals surface area contributed by atoms with E-state index in [9.17, 15) is 5.11 Å². The predicted molar refractivity (Wildman–Crippen MR) is 57.3 cm³/mol. The fourth-order valence-electron chi connectivity index (χ4n) is 1.75. The third-order valence-electron chi connectivity index (χ3n) is 2.65. The van der Waals surface area contributed by atoms with Gasteiger partial charge in [-0.2, -0.15) is 0 Å². The van der Waals surface area contributed by atoms with Crippen LogP contribution in [0.3, 0.4) is 0 Å². The molecule has 1 aliphatic carbocycles. The second-order valence-electron chi connectivity index (χ2n) is 3.82. The highest BCUT2D eigenvalue weighted by molar-refractivity contribution is 6.18. The summed E-state index contributed by atoms with van der Waals surface area (Å²) in [5.74, 6) is 2.92. The molecule has 80 valence electrons. The van der Waals surface area contributed by atoms with Gasteiger partial charge in [-0.05, 0) is 25.7 Å². The summed E-state index contributed by atoms with van der Waals surface area (Å²) >= 11 is 5.48. The maximum atomic E-state index is 9.27. The number of rotatable bonds is 4. The van der Waals surface area contributed by atoms with Crippen molar-refractivity contribution in [3.8, 4) is 12.3 Å². The first-order valence-electron chi connectivity index (χ1n) is 5.08. The Labute approximate surface area is 90.6 Å². The number of terminal acetylenes is 1. The molecular formula is C11H17ClO2. The topological polar surface area (TPSA) is 29.5 Å². The molecule has 0 heterocycles. The lowest BCUT2D eigenvalue weighted by Crippen LogP contribution is -2.36. The Kier molecular flexibility index (Phi) is 4.74. The van der Waals surface area contributed by atoms with E-state index >= 15 is 0 Å². The van der Waals surface area contributed by atoms with Gasteiger partial charge in [0.05, 0.1) is 18.6 Å². The average molecular weight is 217 g/mol. The van der Waals surface area contributed by atoms with E-state index in [1.54, 1.807) is 0 Å². The number of aliphatic hydroxyl groups is 1. The van der Waals surface area contributed by atoms with Gasteiger partial charge in [0.2, 0.25) is 0 Å². The molecule has 1 aliphatic rings. The minimum Gasteiger partial charge on any atom is -0.389 e. The smallest absolute Gasteiger partial charge is 0.128 e. The van der Waals surface area contributed by atoms with E-state index in [0.717, 1.165) is 25.7 Å². The standard InChI is InChI=1S/C11H17ClO2/c1-2-11(6-4-3-5-7-11)14-9-10(13)8-12/h1,10,13H,3-9H2. The Balaban J connectivity index is 2.41. The Hall–Kier alpha value is -0.230. The SMILES string of the molecule is C#CC1(OCC(O)CCl)CCCCC1. The number of hydrogen-bond donors (Lipinski definition) is 1. The van der Waals surface area contributed by atoms with Gasteiger partial charge in [-0.1, -0.05) is 12.3 Å². The van der Waals surface area contributed by atoms with Crippen LogP contribution in [0.2, 0.25) is 0 Å². The molecule has 2 nitrogen and oxygen atoms in total. The van der Waals surface area contributed by atoms with Crippen molar-refractivity contribution in [3.05, 3.63) is 0 Å². The van der Waals surface area contributed by atoms with E-state index < -0.39 is 11.7 Å². The first-order valence-corrected chi connectivity index (χ1v) is 5.62. The first-order chi connectivity index (χ1) is 6.72. The molecule has 0 aromatic rings. The number of aliphatic hydroxyl groups excluding tert-OH is 1. The molecule has 1 unspecified atom stereocenters. The summed E-state index contributed by atoms with van der Waals surface area (Å²) in [6.07, 6.45) is 10.1. The first kappa shape index (κ1) is 11.8. The van der Waals surface area contributed by atoms with Crippen molar-refractivity contribution in [1.29, 1.82) is 0 Å². The van der Waals surface area contributed by atoms with Gasteiger partial charge in [0.15, 0.2) is 0 Å². The highest BCUT2D eigenvalue weighted by Gasteiger charge is 2.31. The molecule has 1 rings (SSSR count). The number of halogens is 1. The largest absolute Gasteiger partial charge is 0.389 e. The number of alkyl halides is 1. The molecule has 1 N–H and O–H groups in total. The van der Waals surface area contributed by atoms with Crippen LogP contribution in [0.5, 0.6) is 0 Å². The normalized spacial score (nSPS) is 22.6. The van der Waals surface area contributed by atoms with E-state index in [1.807, 2.05) is 0 Å². The lowest BCUT2D eigenvalue weighted by molar-refractivity contribution is -0.0587. The second-order valence-corrected chi connectivity index (χ2v) is 4.13. The molecule has 0 amide bonds. The van der Waals surface area contributed by atoms with E-state index in [-0.39, 0.29) is 12.5 Å². The molecule has 0 bridgehead atoms. The predicted octanol–water partition coefficient (Wildman–Crippen LogP) is 1.94. The summed E-state index contributed by atoms with van der Waals surface area (Å²) in [6.45, 7) is 0.244. The fraction of sp³-hybridized carbons (Fsp3) is 0.818. The molecule has 1 atom stereocenters. The molecule has 0 aromatic carbocycles. The highest BCUT2D eigenvalue weighted by atomic mass is 35.5. The van der Waals surface area contributed by atoms with Crippen molar-refractivity contribution in [2.24, 2.45) is 0 Å². The van der Waals surface area contributed by atoms with Gasteiger partial charge in [0, 0.05) is 0 Å². The summed E-state index contributed by atoms with van der Waals surface area (Å²) < 4.78 is 5.60. The van der Waals surface area contributed by atoms with Crippen LogP contribution in [-0.2, 0) is 4.74 Å². The van der Waals surface area contributed by atoms with Gasteiger partial charge in [-0.25, -0.2) is 0 Å². The zero-order chi connectivity index (χ0) is 10.4. The van der Waals surface area contributed by atoms with Gasteiger partial charge in [-0.3, -0.25) is 0 Å². The van der Waals surface area contributed by atoms with E-state index in [0.29, 0.717) is 0 Å². The van der Waals surface area contributed by atoms with Crippen molar-refractivity contribution < 1.29 is 9.84 Å². The van der Waals surface area contributed by atoms with Crippen LogP contribution < -0.4 is 0 Å². The van der Waals surface area contributed by atoms with E-state index in [2.05, 4.69) is 5.92 Å².